The molecule has 1 atom stereocenters. The number of hydrogen-bond donors (Lipinski definition) is 1. The van der Waals surface area contributed by atoms with Crippen molar-refractivity contribution in [3.8, 4) is 0 Å². The molecule has 0 aliphatic heterocycles. The van der Waals surface area contributed by atoms with Crippen LogP contribution in [0.5, 0.6) is 0 Å². The summed E-state index contributed by atoms with van der Waals surface area (Å²) < 4.78 is 13.8. The van der Waals surface area contributed by atoms with E-state index in [1.54, 1.807) is 12.1 Å². The predicted octanol–water partition coefficient (Wildman–Crippen LogP) is 4.60. The highest BCUT2D eigenvalue weighted by molar-refractivity contribution is 6.34. The molecule has 0 aliphatic carbocycles. The number of benzene rings is 2. The molecule has 0 fully saturated rings. The lowest BCUT2D eigenvalue weighted by molar-refractivity contribution is 0.600. The average molecular weight is 302 g/mol. The van der Waals surface area contributed by atoms with Gasteiger partial charge in [-0.15, -0.1) is 10.2 Å². The van der Waals surface area contributed by atoms with Crippen LogP contribution in [-0.4, -0.2) is 10.2 Å². The maximum Gasteiger partial charge on any atom is 0.159 e. The van der Waals surface area contributed by atoms with E-state index in [0.717, 1.165) is 10.8 Å². The largest absolute Gasteiger partial charge is 0.361 e. The van der Waals surface area contributed by atoms with Gasteiger partial charge in [0.25, 0.3) is 0 Å². The van der Waals surface area contributed by atoms with E-state index in [4.69, 9.17) is 11.6 Å². The Morgan fingerprint density at radius 2 is 1.67 bits per heavy atom. The molecule has 0 saturated carbocycles. The highest BCUT2D eigenvalue weighted by Gasteiger charge is 2.13. The number of anilines is 1. The van der Waals surface area contributed by atoms with Gasteiger partial charge in [0, 0.05) is 16.3 Å². The molecule has 3 rings (SSSR count). The summed E-state index contributed by atoms with van der Waals surface area (Å²) in [4.78, 5) is 0. The maximum atomic E-state index is 13.8. The fraction of sp³-hybridized carbons (Fsp3) is 0.125. The molecule has 0 saturated heterocycles. The van der Waals surface area contributed by atoms with Gasteiger partial charge in [-0.25, -0.2) is 4.39 Å². The molecule has 106 valence electrons. The molecule has 0 radical (unpaired) electrons. The van der Waals surface area contributed by atoms with E-state index in [1.807, 2.05) is 37.3 Å². The van der Waals surface area contributed by atoms with E-state index in [-0.39, 0.29) is 11.9 Å². The molecule has 5 heteroatoms. The van der Waals surface area contributed by atoms with Gasteiger partial charge in [-0.3, -0.25) is 0 Å². The average Bonchev–Trinajstić information content (AvgIpc) is 2.51. The molecule has 1 heterocycles. The third kappa shape index (κ3) is 2.67. The van der Waals surface area contributed by atoms with Crippen LogP contribution in [0.15, 0.2) is 48.5 Å². The first kappa shape index (κ1) is 13.8. The van der Waals surface area contributed by atoms with Gasteiger partial charge >= 0.3 is 0 Å². The Kier molecular flexibility index (Phi) is 3.71. The maximum absolute atomic E-state index is 13.8. The van der Waals surface area contributed by atoms with E-state index < -0.39 is 0 Å². The van der Waals surface area contributed by atoms with E-state index in [9.17, 15) is 4.39 Å². The molecule has 1 aromatic heterocycles. The van der Waals surface area contributed by atoms with Crippen LogP contribution < -0.4 is 5.32 Å². The molecule has 0 aliphatic rings. The van der Waals surface area contributed by atoms with Crippen molar-refractivity contribution < 1.29 is 4.39 Å². The van der Waals surface area contributed by atoms with Crippen molar-refractivity contribution in [3.63, 3.8) is 0 Å². The van der Waals surface area contributed by atoms with E-state index in [1.165, 1.54) is 6.07 Å². The van der Waals surface area contributed by atoms with Crippen LogP contribution in [0.2, 0.25) is 5.15 Å². The molecule has 1 N–H and O–H groups in total. The molecule has 0 bridgehead atoms. The van der Waals surface area contributed by atoms with Gasteiger partial charge in [0.15, 0.2) is 11.0 Å². The normalized spacial score (nSPS) is 12.3. The molecule has 0 spiro atoms. The smallest absolute Gasteiger partial charge is 0.159 e. The standard InChI is InChI=1S/C16H13ClFN3/c1-10(11-6-4-5-9-14(11)18)19-16-13-8-3-2-7-12(13)15(17)20-21-16/h2-10H,1H3,(H,19,21). The fourth-order valence-electron chi connectivity index (χ4n) is 2.29. The van der Waals surface area contributed by atoms with Crippen molar-refractivity contribution in [1.29, 1.82) is 0 Å². The molecular formula is C16H13ClFN3. The second-order valence-corrected chi connectivity index (χ2v) is 5.13. The summed E-state index contributed by atoms with van der Waals surface area (Å²) in [6.07, 6.45) is 0. The van der Waals surface area contributed by atoms with Crippen LogP contribution >= 0.6 is 11.6 Å². The van der Waals surface area contributed by atoms with E-state index >= 15 is 0 Å². The molecule has 3 aromatic rings. The molecule has 3 nitrogen and oxygen atoms in total. The summed E-state index contributed by atoms with van der Waals surface area (Å²) >= 11 is 6.05. The van der Waals surface area contributed by atoms with Crippen molar-refractivity contribution in [3.05, 3.63) is 65.1 Å². The van der Waals surface area contributed by atoms with Crippen molar-refractivity contribution >= 4 is 28.2 Å². The summed E-state index contributed by atoms with van der Waals surface area (Å²) in [5.41, 5.74) is 0.582. The lowest BCUT2D eigenvalue weighted by Crippen LogP contribution is -2.10. The second kappa shape index (κ2) is 5.66. The first-order chi connectivity index (χ1) is 10.2. The quantitative estimate of drug-likeness (QED) is 0.768. The molecule has 2 aromatic carbocycles. The van der Waals surface area contributed by atoms with Gasteiger partial charge in [-0.1, -0.05) is 54.1 Å². The number of fused-ring (bicyclic) bond motifs is 1. The van der Waals surface area contributed by atoms with Crippen molar-refractivity contribution in [2.24, 2.45) is 0 Å². The summed E-state index contributed by atoms with van der Waals surface area (Å²) in [5.74, 6) is 0.342. The lowest BCUT2D eigenvalue weighted by Gasteiger charge is -2.16. The minimum atomic E-state index is -0.247. The number of hydrogen-bond acceptors (Lipinski definition) is 3. The number of rotatable bonds is 3. The van der Waals surface area contributed by atoms with E-state index in [2.05, 4.69) is 15.5 Å². The summed E-state index contributed by atoms with van der Waals surface area (Å²) in [5, 5.41) is 13.3. The molecule has 21 heavy (non-hydrogen) atoms. The van der Waals surface area contributed by atoms with Gasteiger partial charge in [-0.05, 0) is 13.0 Å². The zero-order valence-electron chi connectivity index (χ0n) is 11.3. The summed E-state index contributed by atoms with van der Waals surface area (Å²) in [6.45, 7) is 1.88. The first-order valence-electron chi connectivity index (χ1n) is 6.58. The Hall–Kier alpha value is -2.20. The second-order valence-electron chi connectivity index (χ2n) is 4.77. The Morgan fingerprint density at radius 3 is 2.43 bits per heavy atom. The Bertz CT molecular complexity index is 791. The zero-order valence-corrected chi connectivity index (χ0v) is 12.1. The van der Waals surface area contributed by atoms with Crippen molar-refractivity contribution in [2.75, 3.05) is 5.32 Å². The zero-order chi connectivity index (χ0) is 14.8. The van der Waals surface area contributed by atoms with Crippen LogP contribution in [0.4, 0.5) is 10.2 Å². The Labute approximate surface area is 126 Å². The first-order valence-corrected chi connectivity index (χ1v) is 6.96. The van der Waals surface area contributed by atoms with E-state index in [0.29, 0.717) is 16.5 Å². The molecule has 0 amide bonds. The highest BCUT2D eigenvalue weighted by atomic mass is 35.5. The Balaban J connectivity index is 1.99. The van der Waals surface area contributed by atoms with Gasteiger partial charge in [0.1, 0.15) is 5.82 Å². The van der Waals surface area contributed by atoms with Crippen LogP contribution in [0, 0.1) is 5.82 Å². The van der Waals surface area contributed by atoms with Crippen LogP contribution in [-0.2, 0) is 0 Å². The highest BCUT2D eigenvalue weighted by Crippen LogP contribution is 2.28. The number of aromatic nitrogens is 2. The SMILES string of the molecule is CC(Nc1nnc(Cl)c2ccccc12)c1ccccc1F. The predicted molar refractivity (Wildman–Crippen MR) is 83.0 cm³/mol. The topological polar surface area (TPSA) is 37.8 Å². The summed E-state index contributed by atoms with van der Waals surface area (Å²) in [7, 11) is 0. The van der Waals surface area contributed by atoms with Gasteiger partial charge in [0.05, 0.1) is 6.04 Å². The molecule has 1 unspecified atom stereocenters. The third-order valence-corrected chi connectivity index (χ3v) is 3.65. The summed E-state index contributed by atoms with van der Waals surface area (Å²) in [6, 6.07) is 14.0. The van der Waals surface area contributed by atoms with Gasteiger partial charge in [-0.2, -0.15) is 0 Å². The van der Waals surface area contributed by atoms with Gasteiger partial charge in [0.2, 0.25) is 0 Å². The monoisotopic (exact) mass is 301 g/mol. The van der Waals surface area contributed by atoms with Crippen molar-refractivity contribution in [1.82, 2.24) is 10.2 Å². The lowest BCUT2D eigenvalue weighted by atomic mass is 10.1. The van der Waals surface area contributed by atoms with Crippen molar-refractivity contribution in [2.45, 2.75) is 13.0 Å². The minimum absolute atomic E-state index is 0.231. The molecular weight excluding hydrogens is 289 g/mol. The number of nitrogens with one attached hydrogen (secondary N) is 1. The van der Waals surface area contributed by atoms with Gasteiger partial charge < -0.3 is 5.32 Å². The number of nitrogens with zero attached hydrogens (tertiary/aromatic N) is 2. The minimum Gasteiger partial charge on any atom is -0.361 e. The van der Waals surface area contributed by atoms with Crippen LogP contribution in [0.25, 0.3) is 10.8 Å². The number of halogens is 2. The fourth-order valence-corrected chi connectivity index (χ4v) is 2.49. The Morgan fingerprint density at radius 1 is 1.00 bits per heavy atom. The van der Waals surface area contributed by atoms with Crippen LogP contribution in [0.3, 0.4) is 0 Å². The third-order valence-electron chi connectivity index (χ3n) is 3.37. The van der Waals surface area contributed by atoms with Crippen LogP contribution in [0.1, 0.15) is 18.5 Å².